The summed E-state index contributed by atoms with van der Waals surface area (Å²) >= 11 is 0. The van der Waals surface area contributed by atoms with Crippen molar-refractivity contribution in [3.8, 4) is 17.0 Å². The van der Waals surface area contributed by atoms with Crippen LogP contribution in [0.2, 0.25) is 0 Å². The zero-order chi connectivity index (χ0) is 14.5. The molecular weight excluding hydrogens is 250 g/mol. The highest BCUT2D eigenvalue weighted by Crippen LogP contribution is 2.29. The molecule has 1 aromatic carbocycles. The van der Waals surface area contributed by atoms with E-state index in [4.69, 9.17) is 10.5 Å². The molecule has 0 aliphatic carbocycles. The number of rotatable bonds is 6. The SMILES string of the molecule is CC(C)C[C@H](N)COc1ccccc1-c1ccnn1C. The second-order valence-electron chi connectivity index (χ2n) is 5.54. The van der Waals surface area contributed by atoms with Gasteiger partial charge in [-0.2, -0.15) is 5.10 Å². The lowest BCUT2D eigenvalue weighted by atomic mass is 10.1. The van der Waals surface area contributed by atoms with E-state index in [2.05, 4.69) is 18.9 Å². The molecule has 0 unspecified atom stereocenters. The molecule has 20 heavy (non-hydrogen) atoms. The summed E-state index contributed by atoms with van der Waals surface area (Å²) in [6.07, 6.45) is 2.75. The lowest BCUT2D eigenvalue weighted by Crippen LogP contribution is -2.29. The van der Waals surface area contributed by atoms with Crippen molar-refractivity contribution in [1.29, 1.82) is 0 Å². The fourth-order valence-corrected chi connectivity index (χ4v) is 2.31. The molecule has 0 amide bonds. The van der Waals surface area contributed by atoms with Crippen molar-refractivity contribution < 1.29 is 4.74 Å². The molecule has 0 fully saturated rings. The number of aromatic nitrogens is 2. The Labute approximate surface area is 120 Å². The Balaban J connectivity index is 2.11. The third kappa shape index (κ3) is 3.61. The molecular formula is C16H23N3O. The van der Waals surface area contributed by atoms with Crippen LogP contribution < -0.4 is 10.5 Å². The first-order chi connectivity index (χ1) is 9.58. The first-order valence-electron chi connectivity index (χ1n) is 7.03. The Morgan fingerprint density at radius 1 is 1.25 bits per heavy atom. The first-order valence-corrected chi connectivity index (χ1v) is 7.03. The number of hydrogen-bond acceptors (Lipinski definition) is 3. The highest BCUT2D eigenvalue weighted by Gasteiger charge is 2.11. The molecule has 0 spiro atoms. The van der Waals surface area contributed by atoms with Gasteiger partial charge in [0, 0.05) is 24.8 Å². The van der Waals surface area contributed by atoms with E-state index < -0.39 is 0 Å². The van der Waals surface area contributed by atoms with Gasteiger partial charge in [-0.25, -0.2) is 0 Å². The second kappa shape index (κ2) is 6.57. The first kappa shape index (κ1) is 14.6. The van der Waals surface area contributed by atoms with Gasteiger partial charge >= 0.3 is 0 Å². The third-order valence-electron chi connectivity index (χ3n) is 3.21. The molecule has 2 aromatic rings. The second-order valence-corrected chi connectivity index (χ2v) is 5.54. The topological polar surface area (TPSA) is 53.1 Å². The van der Waals surface area contributed by atoms with Crippen molar-refractivity contribution in [3.05, 3.63) is 36.5 Å². The van der Waals surface area contributed by atoms with Crippen molar-refractivity contribution in [2.24, 2.45) is 18.7 Å². The van der Waals surface area contributed by atoms with Crippen molar-refractivity contribution in [3.63, 3.8) is 0 Å². The van der Waals surface area contributed by atoms with Crippen LogP contribution in [-0.2, 0) is 7.05 Å². The molecule has 1 atom stereocenters. The average Bonchev–Trinajstić information content (AvgIpc) is 2.82. The predicted octanol–water partition coefficient (Wildman–Crippen LogP) is 2.84. The van der Waals surface area contributed by atoms with E-state index in [9.17, 15) is 0 Å². The fourth-order valence-electron chi connectivity index (χ4n) is 2.31. The molecule has 108 valence electrons. The molecule has 1 aromatic heterocycles. The fraction of sp³-hybridized carbons (Fsp3) is 0.438. The third-order valence-corrected chi connectivity index (χ3v) is 3.21. The van der Waals surface area contributed by atoms with Gasteiger partial charge < -0.3 is 10.5 Å². The molecule has 0 bridgehead atoms. The van der Waals surface area contributed by atoms with Crippen LogP contribution in [-0.4, -0.2) is 22.4 Å². The molecule has 0 saturated carbocycles. The van der Waals surface area contributed by atoms with E-state index in [-0.39, 0.29) is 6.04 Å². The highest BCUT2D eigenvalue weighted by molar-refractivity contribution is 5.67. The molecule has 0 aliphatic heterocycles. The van der Waals surface area contributed by atoms with Gasteiger partial charge in [0.05, 0.1) is 5.69 Å². The predicted molar refractivity (Wildman–Crippen MR) is 81.6 cm³/mol. The van der Waals surface area contributed by atoms with E-state index in [0.717, 1.165) is 23.4 Å². The number of nitrogens with two attached hydrogens (primary N) is 1. The molecule has 0 aliphatic rings. The normalized spacial score (nSPS) is 12.7. The van der Waals surface area contributed by atoms with Crippen LogP contribution in [0.25, 0.3) is 11.3 Å². The van der Waals surface area contributed by atoms with E-state index in [0.29, 0.717) is 12.5 Å². The summed E-state index contributed by atoms with van der Waals surface area (Å²) < 4.78 is 7.76. The Morgan fingerprint density at radius 2 is 2.00 bits per heavy atom. The van der Waals surface area contributed by atoms with Crippen molar-refractivity contribution in [1.82, 2.24) is 9.78 Å². The van der Waals surface area contributed by atoms with Crippen LogP contribution >= 0.6 is 0 Å². The number of hydrogen-bond donors (Lipinski definition) is 1. The Kier molecular flexibility index (Phi) is 4.79. The van der Waals surface area contributed by atoms with Gasteiger partial charge in [0.15, 0.2) is 0 Å². The lowest BCUT2D eigenvalue weighted by Gasteiger charge is -2.17. The summed E-state index contributed by atoms with van der Waals surface area (Å²) in [5, 5.41) is 4.21. The summed E-state index contributed by atoms with van der Waals surface area (Å²) in [5.41, 5.74) is 8.16. The molecule has 4 heteroatoms. The number of nitrogens with zero attached hydrogens (tertiary/aromatic N) is 2. The van der Waals surface area contributed by atoms with Gasteiger partial charge in [0.25, 0.3) is 0 Å². The van der Waals surface area contributed by atoms with Gasteiger partial charge in [-0.15, -0.1) is 0 Å². The van der Waals surface area contributed by atoms with Crippen LogP contribution in [0.4, 0.5) is 0 Å². The molecule has 0 saturated heterocycles. The molecule has 1 heterocycles. The molecule has 2 rings (SSSR count). The van der Waals surface area contributed by atoms with Crippen LogP contribution in [0.3, 0.4) is 0 Å². The molecule has 2 N–H and O–H groups in total. The monoisotopic (exact) mass is 273 g/mol. The van der Waals surface area contributed by atoms with E-state index >= 15 is 0 Å². The minimum Gasteiger partial charge on any atom is -0.491 e. The summed E-state index contributed by atoms with van der Waals surface area (Å²) in [4.78, 5) is 0. The smallest absolute Gasteiger partial charge is 0.128 e. The van der Waals surface area contributed by atoms with Crippen LogP contribution in [0.1, 0.15) is 20.3 Å². The maximum Gasteiger partial charge on any atom is 0.128 e. The van der Waals surface area contributed by atoms with Crippen molar-refractivity contribution >= 4 is 0 Å². The minimum absolute atomic E-state index is 0.0644. The standard InChI is InChI=1S/C16H23N3O/c1-12(2)10-13(17)11-20-16-7-5-4-6-14(16)15-8-9-18-19(15)3/h4-9,12-13H,10-11,17H2,1-3H3/t13-/m0/s1. The summed E-state index contributed by atoms with van der Waals surface area (Å²) in [7, 11) is 1.93. The zero-order valence-corrected chi connectivity index (χ0v) is 12.4. The van der Waals surface area contributed by atoms with Gasteiger partial charge in [0.2, 0.25) is 0 Å². The van der Waals surface area contributed by atoms with E-state index in [1.807, 2.05) is 42.1 Å². The summed E-state index contributed by atoms with van der Waals surface area (Å²) in [5.74, 6) is 1.44. The van der Waals surface area contributed by atoms with E-state index in [1.54, 1.807) is 6.20 Å². The summed E-state index contributed by atoms with van der Waals surface area (Å²) in [6, 6.07) is 10.0. The van der Waals surface area contributed by atoms with E-state index in [1.165, 1.54) is 0 Å². The number of ether oxygens (including phenoxy) is 1. The Hall–Kier alpha value is -1.81. The largest absolute Gasteiger partial charge is 0.491 e. The maximum atomic E-state index is 6.08. The van der Waals surface area contributed by atoms with Crippen molar-refractivity contribution in [2.75, 3.05) is 6.61 Å². The Morgan fingerprint density at radius 3 is 2.65 bits per heavy atom. The maximum absolute atomic E-state index is 6.08. The lowest BCUT2D eigenvalue weighted by molar-refractivity contribution is 0.272. The van der Waals surface area contributed by atoms with Crippen LogP contribution in [0, 0.1) is 5.92 Å². The van der Waals surface area contributed by atoms with Gasteiger partial charge in [-0.3, -0.25) is 4.68 Å². The molecule has 4 nitrogen and oxygen atoms in total. The zero-order valence-electron chi connectivity index (χ0n) is 12.4. The van der Waals surface area contributed by atoms with Gasteiger partial charge in [-0.1, -0.05) is 26.0 Å². The quantitative estimate of drug-likeness (QED) is 0.880. The minimum atomic E-state index is 0.0644. The Bertz CT molecular complexity index is 548. The number of aryl methyl sites for hydroxylation is 1. The van der Waals surface area contributed by atoms with Crippen LogP contribution in [0.5, 0.6) is 5.75 Å². The number of benzene rings is 1. The number of para-hydroxylation sites is 1. The average molecular weight is 273 g/mol. The summed E-state index contributed by atoms with van der Waals surface area (Å²) in [6.45, 7) is 4.87. The van der Waals surface area contributed by atoms with Crippen LogP contribution in [0.15, 0.2) is 36.5 Å². The molecule has 0 radical (unpaired) electrons. The highest BCUT2D eigenvalue weighted by atomic mass is 16.5. The van der Waals surface area contributed by atoms with Gasteiger partial charge in [-0.05, 0) is 30.5 Å². The van der Waals surface area contributed by atoms with Crippen molar-refractivity contribution in [2.45, 2.75) is 26.3 Å². The van der Waals surface area contributed by atoms with Gasteiger partial charge in [0.1, 0.15) is 12.4 Å².